The van der Waals surface area contributed by atoms with Crippen LogP contribution in [0.25, 0.3) is 0 Å². The summed E-state index contributed by atoms with van der Waals surface area (Å²) in [5.74, 6) is -0.489. The largest absolute Gasteiger partial charge is 0.479 e. The number of aliphatic hydroxyl groups is 1. The molecule has 1 aromatic carbocycles. The highest BCUT2D eigenvalue weighted by Gasteiger charge is 2.20. The summed E-state index contributed by atoms with van der Waals surface area (Å²) >= 11 is 11.8. The van der Waals surface area contributed by atoms with Gasteiger partial charge in [-0.25, -0.2) is 4.79 Å². The molecule has 0 fully saturated rings. The molecule has 3 amide bonds. The lowest BCUT2D eigenvalue weighted by molar-refractivity contribution is -0.126. The van der Waals surface area contributed by atoms with Crippen LogP contribution in [0.5, 0.6) is 5.75 Å². The third-order valence-corrected chi connectivity index (χ3v) is 2.88. The molecule has 0 aliphatic heterocycles. The first-order chi connectivity index (χ1) is 9.38. The van der Waals surface area contributed by atoms with Gasteiger partial charge in [0.2, 0.25) is 0 Å². The zero-order valence-corrected chi connectivity index (χ0v) is 12.4. The van der Waals surface area contributed by atoms with Gasteiger partial charge in [0, 0.05) is 17.6 Å². The Bertz CT molecular complexity index is 522. The van der Waals surface area contributed by atoms with Crippen LogP contribution in [0, 0.1) is 0 Å². The van der Waals surface area contributed by atoms with Crippen molar-refractivity contribution in [3.05, 3.63) is 27.7 Å². The van der Waals surface area contributed by atoms with E-state index in [2.05, 4.69) is 10.6 Å². The molecule has 6 nitrogen and oxygen atoms in total. The summed E-state index contributed by atoms with van der Waals surface area (Å²) in [5.41, 5.74) is 0.349. The number of urea groups is 1. The van der Waals surface area contributed by atoms with E-state index in [0.29, 0.717) is 10.6 Å². The fraction of sp³-hybridized carbons (Fsp3) is 0.333. The van der Waals surface area contributed by atoms with Crippen LogP contribution in [-0.2, 0) is 11.4 Å². The number of nitrogens with one attached hydrogen (secondary N) is 2. The van der Waals surface area contributed by atoms with Crippen molar-refractivity contribution in [1.82, 2.24) is 10.6 Å². The monoisotopic (exact) mass is 320 g/mol. The maximum absolute atomic E-state index is 11.7. The molecule has 0 saturated heterocycles. The summed E-state index contributed by atoms with van der Waals surface area (Å²) in [5, 5.41) is 14.1. The molecule has 0 radical (unpaired) electrons. The number of aliphatic hydroxyl groups excluding tert-OH is 1. The van der Waals surface area contributed by atoms with Gasteiger partial charge in [-0.15, -0.1) is 0 Å². The second-order valence-electron chi connectivity index (χ2n) is 3.86. The Morgan fingerprint density at radius 1 is 1.40 bits per heavy atom. The highest BCUT2D eigenvalue weighted by atomic mass is 35.5. The van der Waals surface area contributed by atoms with Gasteiger partial charge in [-0.1, -0.05) is 23.2 Å². The highest BCUT2D eigenvalue weighted by molar-refractivity contribution is 6.35. The lowest BCUT2D eigenvalue weighted by atomic mass is 10.2. The van der Waals surface area contributed by atoms with Gasteiger partial charge < -0.3 is 15.2 Å². The highest BCUT2D eigenvalue weighted by Crippen LogP contribution is 2.33. The molecule has 1 unspecified atom stereocenters. The topological polar surface area (TPSA) is 87.7 Å². The molecule has 0 aliphatic carbocycles. The van der Waals surface area contributed by atoms with Gasteiger partial charge in [0.25, 0.3) is 5.91 Å². The molecular formula is C12H14Cl2N2O4. The van der Waals surface area contributed by atoms with Crippen LogP contribution in [-0.4, -0.2) is 30.2 Å². The number of carbonyl (C=O) groups excluding carboxylic acids is 2. The first kappa shape index (κ1) is 16.6. The molecule has 8 heteroatoms. The van der Waals surface area contributed by atoms with Gasteiger partial charge in [0.15, 0.2) is 6.10 Å². The molecule has 0 saturated carbocycles. The van der Waals surface area contributed by atoms with Crippen LogP contribution < -0.4 is 15.4 Å². The van der Waals surface area contributed by atoms with Gasteiger partial charge in [-0.3, -0.25) is 10.1 Å². The van der Waals surface area contributed by atoms with E-state index in [1.54, 1.807) is 0 Å². The predicted octanol–water partition coefficient (Wildman–Crippen LogP) is 1.71. The minimum atomic E-state index is -0.976. The van der Waals surface area contributed by atoms with Crippen LogP contribution >= 0.6 is 23.2 Å². The number of amides is 3. The fourth-order valence-electron chi connectivity index (χ4n) is 1.37. The second-order valence-corrected chi connectivity index (χ2v) is 4.71. The van der Waals surface area contributed by atoms with E-state index in [1.807, 2.05) is 0 Å². The first-order valence-corrected chi connectivity index (χ1v) is 6.42. The molecule has 0 bridgehead atoms. The quantitative estimate of drug-likeness (QED) is 0.788. The Morgan fingerprint density at radius 2 is 2.05 bits per heavy atom. The van der Waals surface area contributed by atoms with Crippen molar-refractivity contribution < 1.29 is 19.4 Å². The van der Waals surface area contributed by atoms with Gasteiger partial charge in [0.1, 0.15) is 5.75 Å². The van der Waals surface area contributed by atoms with Gasteiger partial charge in [-0.2, -0.15) is 0 Å². The summed E-state index contributed by atoms with van der Waals surface area (Å²) in [6, 6.07) is 2.27. The van der Waals surface area contributed by atoms with Crippen LogP contribution in [0.15, 0.2) is 12.1 Å². The Morgan fingerprint density at radius 3 is 2.60 bits per heavy atom. The van der Waals surface area contributed by atoms with Gasteiger partial charge >= 0.3 is 6.03 Å². The molecule has 110 valence electrons. The minimum Gasteiger partial charge on any atom is -0.479 e. The van der Waals surface area contributed by atoms with Crippen LogP contribution in [0.2, 0.25) is 10.0 Å². The molecule has 20 heavy (non-hydrogen) atoms. The summed E-state index contributed by atoms with van der Waals surface area (Å²) < 4.78 is 5.39. The zero-order chi connectivity index (χ0) is 15.3. The number of ether oxygens (including phenoxy) is 1. The van der Waals surface area contributed by atoms with E-state index < -0.39 is 18.0 Å². The number of carbonyl (C=O) groups is 2. The molecule has 0 aromatic heterocycles. The number of halogens is 2. The number of benzene rings is 1. The van der Waals surface area contributed by atoms with Gasteiger partial charge in [0.05, 0.1) is 11.6 Å². The van der Waals surface area contributed by atoms with E-state index in [4.69, 9.17) is 27.9 Å². The Kier molecular flexibility index (Phi) is 6.06. The Hall–Kier alpha value is -1.50. The van der Waals surface area contributed by atoms with Crippen LogP contribution in [0.4, 0.5) is 4.79 Å². The Labute approximate surface area is 126 Å². The molecule has 0 spiro atoms. The number of hydrogen-bond acceptors (Lipinski definition) is 4. The first-order valence-electron chi connectivity index (χ1n) is 5.67. The normalized spacial score (nSPS) is 11.7. The molecule has 1 rings (SSSR count). The molecule has 1 atom stereocenters. The SMILES string of the molecule is CNC(=O)NC(=O)C(C)Oc1c(Cl)cc(Cl)cc1CO. The van der Waals surface area contributed by atoms with Crippen molar-refractivity contribution in [3.63, 3.8) is 0 Å². The van der Waals surface area contributed by atoms with E-state index in [-0.39, 0.29) is 17.4 Å². The third-order valence-electron chi connectivity index (χ3n) is 2.38. The summed E-state index contributed by atoms with van der Waals surface area (Å²) in [6.45, 7) is 1.10. The zero-order valence-electron chi connectivity index (χ0n) is 10.9. The van der Waals surface area contributed by atoms with Crippen molar-refractivity contribution in [2.24, 2.45) is 0 Å². The minimum absolute atomic E-state index is 0.151. The van der Waals surface area contributed by atoms with E-state index in [9.17, 15) is 14.7 Å². The maximum atomic E-state index is 11.7. The third kappa shape index (κ3) is 4.26. The van der Waals surface area contributed by atoms with E-state index in [1.165, 1.54) is 26.1 Å². The molecule has 0 aliphatic rings. The number of hydrogen-bond donors (Lipinski definition) is 3. The average molecular weight is 321 g/mol. The van der Waals surface area contributed by atoms with Crippen molar-refractivity contribution in [1.29, 1.82) is 0 Å². The smallest absolute Gasteiger partial charge is 0.321 e. The molecule has 1 aromatic rings. The number of rotatable bonds is 4. The van der Waals surface area contributed by atoms with E-state index in [0.717, 1.165) is 0 Å². The lowest BCUT2D eigenvalue weighted by Gasteiger charge is -2.17. The summed E-state index contributed by atoms with van der Waals surface area (Å²) in [7, 11) is 1.38. The Balaban J connectivity index is 2.87. The molecule has 3 N–H and O–H groups in total. The van der Waals surface area contributed by atoms with Crippen LogP contribution in [0.3, 0.4) is 0 Å². The molecular weight excluding hydrogens is 307 g/mol. The van der Waals surface area contributed by atoms with E-state index >= 15 is 0 Å². The van der Waals surface area contributed by atoms with Crippen molar-refractivity contribution in [3.8, 4) is 5.75 Å². The second kappa shape index (κ2) is 7.33. The lowest BCUT2D eigenvalue weighted by Crippen LogP contribution is -2.44. The number of imide groups is 1. The maximum Gasteiger partial charge on any atom is 0.321 e. The van der Waals surface area contributed by atoms with Crippen molar-refractivity contribution in [2.75, 3.05) is 7.05 Å². The standard InChI is InChI=1S/C12H14Cl2N2O4/c1-6(11(18)16-12(19)15-2)20-10-7(5-17)3-8(13)4-9(10)14/h3-4,6,17H,5H2,1-2H3,(H2,15,16,18,19). The van der Waals surface area contributed by atoms with Gasteiger partial charge in [-0.05, 0) is 19.1 Å². The summed E-state index contributed by atoms with van der Waals surface area (Å²) in [4.78, 5) is 22.7. The van der Waals surface area contributed by atoms with Crippen molar-refractivity contribution in [2.45, 2.75) is 19.6 Å². The molecule has 0 heterocycles. The summed E-state index contributed by atoms with van der Waals surface area (Å²) in [6.07, 6.45) is -0.976. The predicted molar refractivity (Wildman–Crippen MR) is 75.1 cm³/mol. The van der Waals surface area contributed by atoms with Crippen molar-refractivity contribution >= 4 is 35.1 Å². The fourth-order valence-corrected chi connectivity index (χ4v) is 1.95. The van der Waals surface area contributed by atoms with Crippen LogP contribution in [0.1, 0.15) is 12.5 Å². The average Bonchev–Trinajstić information content (AvgIpc) is 2.40.